The van der Waals surface area contributed by atoms with Crippen molar-refractivity contribution in [2.24, 2.45) is 0 Å². The van der Waals surface area contributed by atoms with E-state index in [9.17, 15) is 9.59 Å². The van der Waals surface area contributed by atoms with Crippen molar-refractivity contribution in [1.29, 1.82) is 0 Å². The highest BCUT2D eigenvalue weighted by Gasteiger charge is 2.31. The highest BCUT2D eigenvalue weighted by atomic mass is 32.1. The fourth-order valence-corrected chi connectivity index (χ4v) is 5.16. The van der Waals surface area contributed by atoms with Gasteiger partial charge in [-0.2, -0.15) is 5.10 Å². The van der Waals surface area contributed by atoms with Gasteiger partial charge < -0.3 is 20.7 Å². The van der Waals surface area contributed by atoms with Crippen LogP contribution in [0.25, 0.3) is 21.6 Å². The van der Waals surface area contributed by atoms with Gasteiger partial charge in [-0.25, -0.2) is 24.4 Å². The summed E-state index contributed by atoms with van der Waals surface area (Å²) >= 11 is 1.30. The molecule has 192 valence electrons. The van der Waals surface area contributed by atoms with E-state index in [0.717, 1.165) is 17.7 Å². The van der Waals surface area contributed by atoms with Gasteiger partial charge in [0.1, 0.15) is 29.3 Å². The van der Waals surface area contributed by atoms with Gasteiger partial charge in [-0.05, 0) is 57.9 Å². The normalized spacial score (nSPS) is 16.1. The molecule has 2 amide bonds. The number of piperidine rings is 1. The highest BCUT2D eigenvalue weighted by Crippen LogP contribution is 2.37. The number of ether oxygens (including phenoxy) is 1. The molecule has 1 aliphatic heterocycles. The van der Waals surface area contributed by atoms with Crippen LogP contribution in [0.1, 0.15) is 49.3 Å². The molecule has 12 heteroatoms. The van der Waals surface area contributed by atoms with Gasteiger partial charge in [0.05, 0.1) is 21.2 Å². The van der Waals surface area contributed by atoms with Crippen LogP contribution in [0.4, 0.5) is 16.4 Å². The molecule has 4 aromatic rings. The number of hydrogen-bond donors (Lipinski definition) is 2. The Kier molecular flexibility index (Phi) is 6.50. The number of carbonyl (C=O) groups excluding carboxylic acids is 2. The van der Waals surface area contributed by atoms with E-state index in [4.69, 9.17) is 15.6 Å². The number of carbonyl (C=O) groups is 2. The van der Waals surface area contributed by atoms with Crippen LogP contribution in [0, 0.1) is 0 Å². The number of rotatable bonds is 4. The maximum atomic E-state index is 12.8. The Morgan fingerprint density at radius 3 is 2.76 bits per heavy atom. The summed E-state index contributed by atoms with van der Waals surface area (Å²) in [6.45, 7) is 6.62. The molecule has 5 rings (SSSR count). The molecule has 1 fully saturated rings. The lowest BCUT2D eigenvalue weighted by molar-refractivity contribution is 0.0169. The molecule has 37 heavy (non-hydrogen) atoms. The minimum atomic E-state index is -0.572. The van der Waals surface area contributed by atoms with Gasteiger partial charge in [-0.3, -0.25) is 4.79 Å². The molecule has 0 spiro atoms. The lowest BCUT2D eigenvalue weighted by Crippen LogP contribution is -2.43. The Morgan fingerprint density at radius 1 is 1.16 bits per heavy atom. The molecule has 0 unspecified atom stereocenters. The summed E-state index contributed by atoms with van der Waals surface area (Å²) in [5.41, 5.74) is 6.90. The zero-order chi connectivity index (χ0) is 26.2. The first-order chi connectivity index (χ1) is 17.7. The second-order valence-corrected chi connectivity index (χ2v) is 10.9. The summed E-state index contributed by atoms with van der Waals surface area (Å²) in [6.07, 6.45) is 4.31. The number of nitrogen functional groups attached to an aromatic ring is 1. The predicted molar refractivity (Wildman–Crippen MR) is 141 cm³/mol. The van der Waals surface area contributed by atoms with Crippen LogP contribution in [0.5, 0.6) is 0 Å². The summed E-state index contributed by atoms with van der Waals surface area (Å²) in [5.74, 6) is 0.517. The molecule has 5 heterocycles. The number of nitrogens with two attached hydrogens (primary N) is 1. The van der Waals surface area contributed by atoms with Crippen molar-refractivity contribution in [2.75, 3.05) is 24.1 Å². The monoisotopic (exact) mass is 520 g/mol. The average molecular weight is 521 g/mol. The molecule has 0 aliphatic carbocycles. The van der Waals surface area contributed by atoms with Crippen molar-refractivity contribution < 1.29 is 14.3 Å². The van der Waals surface area contributed by atoms with E-state index in [2.05, 4.69) is 20.3 Å². The van der Waals surface area contributed by atoms with Gasteiger partial charge in [0.25, 0.3) is 5.91 Å². The number of pyridine rings is 1. The van der Waals surface area contributed by atoms with Gasteiger partial charge in [0.15, 0.2) is 5.65 Å². The van der Waals surface area contributed by atoms with E-state index in [1.807, 2.05) is 31.5 Å². The number of nitrogens with one attached hydrogen (secondary N) is 1. The van der Waals surface area contributed by atoms with E-state index < -0.39 is 5.60 Å². The van der Waals surface area contributed by atoms with Crippen molar-refractivity contribution in [3.05, 3.63) is 47.7 Å². The molecule has 3 N–H and O–H groups in total. The molecule has 1 aliphatic rings. The van der Waals surface area contributed by atoms with Gasteiger partial charge in [-0.1, -0.05) is 6.07 Å². The van der Waals surface area contributed by atoms with E-state index in [-0.39, 0.29) is 18.0 Å². The molecule has 1 atom stereocenters. The van der Waals surface area contributed by atoms with Crippen LogP contribution in [0.3, 0.4) is 0 Å². The first-order valence-electron chi connectivity index (χ1n) is 12.0. The third kappa shape index (κ3) is 5.24. The standard InChI is InChI=1S/C25H28N8O3S/c1-25(2,3)36-24(35)32-12-6-7-15(13-32)33-22-19(21(26)28-14-29-22)20(31-33)16-9-10-17(37-16)23(34)30-18-8-4-5-11-27-18/h4-5,8-11,14-15H,6-7,12-13H2,1-3H3,(H2,26,28,29)(H,27,30,34)/t15-/m1/s1. The van der Waals surface area contributed by atoms with E-state index in [1.54, 1.807) is 35.4 Å². The maximum absolute atomic E-state index is 12.8. The Morgan fingerprint density at radius 2 is 2.00 bits per heavy atom. The number of anilines is 2. The number of aromatic nitrogens is 5. The summed E-state index contributed by atoms with van der Waals surface area (Å²) in [4.78, 5) is 41.3. The van der Waals surface area contributed by atoms with Crippen LogP contribution < -0.4 is 11.1 Å². The number of nitrogens with zero attached hydrogens (tertiary/aromatic N) is 6. The lowest BCUT2D eigenvalue weighted by Gasteiger charge is -2.34. The Labute approximate surface area is 217 Å². The minimum Gasteiger partial charge on any atom is -0.444 e. The molecule has 0 radical (unpaired) electrons. The van der Waals surface area contributed by atoms with Gasteiger partial charge in [0, 0.05) is 19.3 Å². The Bertz CT molecular complexity index is 1440. The zero-order valence-corrected chi connectivity index (χ0v) is 21.7. The van der Waals surface area contributed by atoms with E-state index >= 15 is 0 Å². The van der Waals surface area contributed by atoms with Crippen LogP contribution in [-0.2, 0) is 4.74 Å². The van der Waals surface area contributed by atoms with Gasteiger partial charge in [-0.15, -0.1) is 11.3 Å². The second-order valence-electron chi connectivity index (χ2n) is 9.81. The maximum Gasteiger partial charge on any atom is 0.410 e. The largest absolute Gasteiger partial charge is 0.444 e. The van der Waals surface area contributed by atoms with Crippen molar-refractivity contribution in [3.63, 3.8) is 0 Å². The van der Waals surface area contributed by atoms with Crippen molar-refractivity contribution in [2.45, 2.75) is 45.3 Å². The first-order valence-corrected chi connectivity index (χ1v) is 12.8. The Hall–Kier alpha value is -4.06. The lowest BCUT2D eigenvalue weighted by atomic mass is 10.1. The quantitative estimate of drug-likeness (QED) is 0.404. The van der Waals surface area contributed by atoms with Gasteiger partial charge >= 0.3 is 6.09 Å². The van der Waals surface area contributed by atoms with Crippen LogP contribution in [0.2, 0.25) is 0 Å². The highest BCUT2D eigenvalue weighted by molar-refractivity contribution is 7.17. The summed E-state index contributed by atoms with van der Waals surface area (Å²) < 4.78 is 7.41. The van der Waals surface area contributed by atoms with Crippen molar-refractivity contribution in [1.82, 2.24) is 29.6 Å². The third-order valence-electron chi connectivity index (χ3n) is 5.88. The molecular formula is C25H28N8O3S. The SMILES string of the molecule is CC(C)(C)OC(=O)N1CCC[C@@H](n2nc(-c3ccc(C(=O)Nc4ccccn4)s3)c3c(N)ncnc32)C1. The minimum absolute atomic E-state index is 0.112. The number of amides is 2. The topological polar surface area (TPSA) is 141 Å². The molecule has 4 aromatic heterocycles. The molecule has 0 aromatic carbocycles. The molecule has 11 nitrogen and oxygen atoms in total. The first kappa shape index (κ1) is 24.6. The second kappa shape index (κ2) is 9.77. The van der Waals surface area contributed by atoms with Crippen LogP contribution >= 0.6 is 11.3 Å². The third-order valence-corrected chi connectivity index (χ3v) is 6.97. The average Bonchev–Trinajstić information content (AvgIpc) is 3.50. The smallest absolute Gasteiger partial charge is 0.410 e. The number of likely N-dealkylation sites (tertiary alicyclic amines) is 1. The number of fused-ring (bicyclic) bond motifs is 1. The Balaban J connectivity index is 1.45. The fraction of sp³-hybridized carbons (Fsp3) is 0.360. The van der Waals surface area contributed by atoms with Crippen LogP contribution in [0.15, 0.2) is 42.9 Å². The van der Waals surface area contributed by atoms with E-state index in [0.29, 0.717) is 46.3 Å². The molecule has 0 saturated carbocycles. The summed E-state index contributed by atoms with van der Waals surface area (Å²) in [6, 6.07) is 8.78. The molecule has 1 saturated heterocycles. The molecule has 0 bridgehead atoms. The zero-order valence-electron chi connectivity index (χ0n) is 20.8. The summed E-state index contributed by atoms with van der Waals surface area (Å²) in [5, 5.41) is 8.31. The fourth-order valence-electron chi connectivity index (χ4n) is 4.27. The van der Waals surface area contributed by atoms with Crippen LogP contribution in [-0.4, -0.2) is 60.3 Å². The van der Waals surface area contributed by atoms with Crippen molar-refractivity contribution in [3.8, 4) is 10.6 Å². The summed E-state index contributed by atoms with van der Waals surface area (Å²) in [7, 11) is 0. The van der Waals surface area contributed by atoms with Crippen molar-refractivity contribution >= 4 is 46.0 Å². The predicted octanol–water partition coefficient (Wildman–Crippen LogP) is 4.36. The number of hydrogen-bond acceptors (Lipinski definition) is 9. The molecular weight excluding hydrogens is 492 g/mol. The number of thiophene rings is 1. The van der Waals surface area contributed by atoms with Gasteiger partial charge in [0.2, 0.25) is 0 Å². The van der Waals surface area contributed by atoms with E-state index in [1.165, 1.54) is 17.7 Å².